The zero-order valence-electron chi connectivity index (χ0n) is 22.2. The van der Waals surface area contributed by atoms with Crippen LogP contribution in [0.25, 0.3) is 50.1 Å². The topological polar surface area (TPSA) is 130 Å². The van der Waals surface area contributed by atoms with Crippen molar-refractivity contribution in [1.82, 2.24) is 39.7 Å². The maximum atomic E-state index is 12.7. The Balaban J connectivity index is 1.19. The van der Waals surface area contributed by atoms with Gasteiger partial charge < -0.3 is 14.9 Å². The lowest BCUT2D eigenvalue weighted by Crippen LogP contribution is -2.18. The number of rotatable bonds is 6. The molecule has 10 nitrogen and oxygen atoms in total. The minimum atomic E-state index is 0.0510. The standard InChI is InChI=1S/C30H29N9O/c1-18-16-39(17-34-18)27-15-32-14-26-23(27)10-25(36-26)29-24-9-21(12-33-30(24)38-37-29)20-8-22(13-31-11-20)35-28(40)7-19-5-3-2-4-6-19/h8-17,19,36H,2-7H2,1H3,(H,35,40)(H,33,37,38). The first-order valence-electron chi connectivity index (χ1n) is 13.7. The van der Waals surface area contributed by atoms with Gasteiger partial charge in [0, 0.05) is 46.9 Å². The van der Waals surface area contributed by atoms with E-state index in [0.29, 0.717) is 23.7 Å². The SMILES string of the molecule is Cc1cn(-c2cncc3[nH]c(-c4n[nH]c5ncc(-c6cncc(NC(=O)CC7CCCCC7)c6)cc45)cc23)cn1. The monoisotopic (exact) mass is 531 g/mol. The number of pyridine rings is 3. The number of aryl methyl sites for hydroxylation is 1. The molecule has 10 heteroatoms. The summed E-state index contributed by atoms with van der Waals surface area (Å²) in [6, 6.07) is 6.08. The molecule has 0 spiro atoms. The maximum absolute atomic E-state index is 12.7. The number of hydrogen-bond donors (Lipinski definition) is 3. The zero-order chi connectivity index (χ0) is 27.1. The average Bonchev–Trinajstić information content (AvgIpc) is 3.71. The van der Waals surface area contributed by atoms with Crippen LogP contribution in [-0.4, -0.2) is 45.6 Å². The van der Waals surface area contributed by atoms with Crippen LogP contribution in [0.1, 0.15) is 44.2 Å². The summed E-state index contributed by atoms with van der Waals surface area (Å²) in [6.45, 7) is 1.96. The molecule has 0 aliphatic heterocycles. The van der Waals surface area contributed by atoms with E-state index in [4.69, 9.17) is 0 Å². The van der Waals surface area contributed by atoms with Crippen molar-refractivity contribution in [2.24, 2.45) is 5.92 Å². The summed E-state index contributed by atoms with van der Waals surface area (Å²) in [5.74, 6) is 0.534. The Morgan fingerprint density at radius 1 is 0.975 bits per heavy atom. The molecule has 40 heavy (non-hydrogen) atoms. The van der Waals surface area contributed by atoms with Crippen LogP contribution >= 0.6 is 0 Å². The lowest BCUT2D eigenvalue weighted by atomic mass is 9.87. The second-order valence-electron chi connectivity index (χ2n) is 10.6. The molecule has 200 valence electrons. The number of nitrogens with zero attached hydrogens (tertiary/aromatic N) is 6. The third kappa shape index (κ3) is 4.61. The highest BCUT2D eigenvalue weighted by molar-refractivity contribution is 5.98. The highest BCUT2D eigenvalue weighted by atomic mass is 16.1. The van der Waals surface area contributed by atoms with Gasteiger partial charge in [-0.2, -0.15) is 5.10 Å². The first-order valence-corrected chi connectivity index (χ1v) is 13.7. The first kappa shape index (κ1) is 24.2. The lowest BCUT2D eigenvalue weighted by Gasteiger charge is -2.20. The Labute approximate surface area is 230 Å². The van der Waals surface area contributed by atoms with E-state index in [1.54, 1.807) is 24.9 Å². The molecule has 0 saturated heterocycles. The summed E-state index contributed by atoms with van der Waals surface area (Å²) in [5.41, 5.74) is 7.53. The number of fused-ring (bicyclic) bond motifs is 2. The highest BCUT2D eigenvalue weighted by Crippen LogP contribution is 2.33. The molecule has 1 amide bonds. The Morgan fingerprint density at radius 2 is 1.82 bits per heavy atom. The van der Waals surface area contributed by atoms with Crippen molar-refractivity contribution < 1.29 is 4.79 Å². The zero-order valence-corrected chi connectivity index (χ0v) is 22.2. The number of nitrogens with one attached hydrogen (secondary N) is 3. The van der Waals surface area contributed by atoms with E-state index in [9.17, 15) is 4.79 Å². The predicted octanol–water partition coefficient (Wildman–Crippen LogP) is 5.97. The molecule has 6 aromatic rings. The van der Waals surface area contributed by atoms with Gasteiger partial charge in [-0.15, -0.1) is 0 Å². The Kier molecular flexibility index (Phi) is 6.07. The molecule has 3 N–H and O–H groups in total. The molecule has 0 bridgehead atoms. The van der Waals surface area contributed by atoms with E-state index < -0.39 is 0 Å². The maximum Gasteiger partial charge on any atom is 0.224 e. The van der Waals surface area contributed by atoms with E-state index in [2.05, 4.69) is 52.6 Å². The van der Waals surface area contributed by atoms with Crippen molar-refractivity contribution in [3.05, 3.63) is 67.4 Å². The fourth-order valence-corrected chi connectivity index (χ4v) is 5.72. The summed E-state index contributed by atoms with van der Waals surface area (Å²) in [4.78, 5) is 33.9. The number of aromatic nitrogens is 8. The van der Waals surface area contributed by atoms with E-state index >= 15 is 0 Å². The van der Waals surface area contributed by atoms with Gasteiger partial charge in [0.2, 0.25) is 5.91 Å². The van der Waals surface area contributed by atoms with Gasteiger partial charge in [0.05, 0.1) is 53.2 Å². The molecule has 1 saturated carbocycles. The van der Waals surface area contributed by atoms with Gasteiger partial charge in [0.15, 0.2) is 5.65 Å². The highest BCUT2D eigenvalue weighted by Gasteiger charge is 2.18. The smallest absolute Gasteiger partial charge is 0.224 e. The Hall–Kier alpha value is -4.86. The van der Waals surface area contributed by atoms with E-state index in [0.717, 1.165) is 63.0 Å². The summed E-state index contributed by atoms with van der Waals surface area (Å²) in [6.07, 6.45) is 19.3. The van der Waals surface area contributed by atoms with Crippen molar-refractivity contribution in [3.8, 4) is 28.2 Å². The number of carbonyl (C=O) groups is 1. The van der Waals surface area contributed by atoms with Crippen LogP contribution in [0.5, 0.6) is 0 Å². The summed E-state index contributed by atoms with van der Waals surface area (Å²) in [5, 5.41) is 12.6. The predicted molar refractivity (Wildman–Crippen MR) is 154 cm³/mol. The average molecular weight is 532 g/mol. The number of amides is 1. The molecule has 0 atom stereocenters. The summed E-state index contributed by atoms with van der Waals surface area (Å²) in [7, 11) is 0. The van der Waals surface area contributed by atoms with Gasteiger partial charge in [-0.05, 0) is 43.9 Å². The van der Waals surface area contributed by atoms with Crippen molar-refractivity contribution in [2.45, 2.75) is 45.4 Å². The van der Waals surface area contributed by atoms with Crippen LogP contribution in [0.4, 0.5) is 5.69 Å². The van der Waals surface area contributed by atoms with Gasteiger partial charge >= 0.3 is 0 Å². The third-order valence-corrected chi connectivity index (χ3v) is 7.74. The van der Waals surface area contributed by atoms with Crippen LogP contribution in [0.2, 0.25) is 0 Å². The number of H-pyrrole nitrogens is 2. The number of anilines is 1. The Morgan fingerprint density at radius 3 is 2.67 bits per heavy atom. The quantitative estimate of drug-likeness (QED) is 0.243. The van der Waals surface area contributed by atoms with Gasteiger partial charge in [0.1, 0.15) is 5.69 Å². The minimum Gasteiger partial charge on any atom is -0.352 e. The van der Waals surface area contributed by atoms with Crippen LogP contribution in [0, 0.1) is 12.8 Å². The first-order chi connectivity index (χ1) is 19.6. The normalized spacial score (nSPS) is 14.2. The van der Waals surface area contributed by atoms with Crippen molar-refractivity contribution >= 4 is 33.5 Å². The molecule has 0 aromatic carbocycles. The Bertz CT molecular complexity index is 1840. The molecule has 6 aromatic heterocycles. The fourth-order valence-electron chi connectivity index (χ4n) is 5.72. The van der Waals surface area contributed by atoms with Gasteiger partial charge in [0.25, 0.3) is 0 Å². The molecule has 6 heterocycles. The molecule has 1 aliphatic carbocycles. The molecular formula is C30H29N9O. The molecule has 0 radical (unpaired) electrons. The largest absolute Gasteiger partial charge is 0.352 e. The third-order valence-electron chi connectivity index (χ3n) is 7.74. The molecule has 1 aliphatic rings. The van der Waals surface area contributed by atoms with Gasteiger partial charge in [-0.3, -0.25) is 19.9 Å². The minimum absolute atomic E-state index is 0.0510. The molecule has 0 unspecified atom stereocenters. The summed E-state index contributed by atoms with van der Waals surface area (Å²) < 4.78 is 1.97. The van der Waals surface area contributed by atoms with Crippen molar-refractivity contribution in [2.75, 3.05) is 5.32 Å². The van der Waals surface area contributed by atoms with E-state index in [1.807, 2.05) is 36.1 Å². The number of aromatic amines is 2. The fraction of sp³-hybridized carbons (Fsp3) is 0.267. The van der Waals surface area contributed by atoms with E-state index in [-0.39, 0.29) is 5.91 Å². The molecular weight excluding hydrogens is 502 g/mol. The van der Waals surface area contributed by atoms with Gasteiger partial charge in [-0.1, -0.05) is 19.3 Å². The molecule has 7 rings (SSSR count). The van der Waals surface area contributed by atoms with Crippen LogP contribution < -0.4 is 5.32 Å². The number of carbonyl (C=O) groups excluding carboxylic acids is 1. The van der Waals surface area contributed by atoms with Crippen molar-refractivity contribution in [1.29, 1.82) is 0 Å². The van der Waals surface area contributed by atoms with Crippen LogP contribution in [0.15, 0.2) is 61.7 Å². The number of hydrogen-bond acceptors (Lipinski definition) is 6. The molecule has 1 fully saturated rings. The summed E-state index contributed by atoms with van der Waals surface area (Å²) >= 11 is 0. The van der Waals surface area contributed by atoms with Crippen LogP contribution in [0.3, 0.4) is 0 Å². The van der Waals surface area contributed by atoms with Crippen LogP contribution in [-0.2, 0) is 4.79 Å². The van der Waals surface area contributed by atoms with Crippen molar-refractivity contribution in [3.63, 3.8) is 0 Å². The lowest BCUT2D eigenvalue weighted by molar-refractivity contribution is -0.117. The number of imidazole rings is 1. The second-order valence-corrected chi connectivity index (χ2v) is 10.6. The van der Waals surface area contributed by atoms with E-state index in [1.165, 1.54) is 19.3 Å². The van der Waals surface area contributed by atoms with Gasteiger partial charge in [-0.25, -0.2) is 9.97 Å². The second kappa shape index (κ2) is 10.0.